The number of carbonyl (C=O) groups is 1. The summed E-state index contributed by atoms with van der Waals surface area (Å²) >= 11 is 1.20. The highest BCUT2D eigenvalue weighted by Crippen LogP contribution is 2.34. The van der Waals surface area contributed by atoms with E-state index >= 15 is 0 Å². The normalized spacial score (nSPS) is 19.3. The van der Waals surface area contributed by atoms with Crippen LogP contribution in [0.1, 0.15) is 25.8 Å². The lowest BCUT2D eigenvalue weighted by molar-refractivity contribution is -0.116. The van der Waals surface area contributed by atoms with E-state index in [1.807, 2.05) is 32.0 Å². The molecule has 1 fully saturated rings. The maximum absolute atomic E-state index is 12.7. The molecule has 1 unspecified atom stereocenters. The number of hydrogen-bond acceptors (Lipinski definition) is 4. The lowest BCUT2D eigenvalue weighted by atomic mass is 10.2. The van der Waals surface area contributed by atoms with E-state index in [1.54, 1.807) is 36.4 Å². The number of amidine groups is 1. The van der Waals surface area contributed by atoms with Gasteiger partial charge in [0.25, 0.3) is 10.0 Å². The maximum atomic E-state index is 12.7. The van der Waals surface area contributed by atoms with Gasteiger partial charge in [-0.2, -0.15) is 8.42 Å². The molecule has 0 aromatic heterocycles. The third kappa shape index (κ3) is 3.68. The number of thioether (sulfide) groups is 1. The van der Waals surface area contributed by atoms with E-state index in [0.29, 0.717) is 12.1 Å². The molecule has 0 spiro atoms. The van der Waals surface area contributed by atoms with Crippen LogP contribution in [0.15, 0.2) is 63.9 Å². The standard InChI is InChI=1S/C19H20N2O3S2/c1-3-14-10-12-16(13-11-14)26(23,24)20-19-21(15-8-6-5-7-9-15)18(22)17(4-2)25-19/h5-13,17H,3-4H2,1-2H3/b20-19+. The van der Waals surface area contributed by atoms with Crippen LogP contribution in [0, 0.1) is 0 Å². The van der Waals surface area contributed by atoms with Crippen molar-refractivity contribution in [3.8, 4) is 0 Å². The van der Waals surface area contributed by atoms with Gasteiger partial charge >= 0.3 is 0 Å². The first-order chi connectivity index (χ1) is 12.5. The summed E-state index contributed by atoms with van der Waals surface area (Å²) in [6.07, 6.45) is 1.44. The number of nitrogens with zero attached hydrogens (tertiary/aromatic N) is 2. The van der Waals surface area contributed by atoms with Crippen molar-refractivity contribution in [3.63, 3.8) is 0 Å². The van der Waals surface area contributed by atoms with Crippen molar-refractivity contribution in [2.45, 2.75) is 36.8 Å². The SMILES string of the molecule is CCc1ccc(S(=O)(=O)/N=C2/SC(CC)C(=O)N2c2ccccc2)cc1. The fourth-order valence-electron chi connectivity index (χ4n) is 2.66. The monoisotopic (exact) mass is 388 g/mol. The van der Waals surface area contributed by atoms with Crippen LogP contribution < -0.4 is 4.90 Å². The Morgan fingerprint density at radius 2 is 1.69 bits per heavy atom. The van der Waals surface area contributed by atoms with Crippen LogP contribution in [0.2, 0.25) is 0 Å². The molecule has 1 aliphatic heterocycles. The molecule has 2 aromatic carbocycles. The van der Waals surface area contributed by atoms with Crippen LogP contribution in [0.4, 0.5) is 5.69 Å². The number of sulfonamides is 1. The third-order valence-corrected chi connectivity index (χ3v) is 6.85. The van der Waals surface area contributed by atoms with Crippen molar-refractivity contribution in [3.05, 3.63) is 60.2 Å². The van der Waals surface area contributed by atoms with Gasteiger partial charge in [0, 0.05) is 0 Å². The van der Waals surface area contributed by atoms with Gasteiger partial charge in [-0.1, -0.05) is 55.9 Å². The Hall–Kier alpha value is -2.12. The summed E-state index contributed by atoms with van der Waals surface area (Å²) in [5.41, 5.74) is 1.68. The third-order valence-electron chi connectivity index (χ3n) is 4.15. The first-order valence-corrected chi connectivity index (χ1v) is 10.8. The largest absolute Gasteiger partial charge is 0.284 e. The Morgan fingerprint density at radius 3 is 2.27 bits per heavy atom. The molecule has 0 N–H and O–H groups in total. The number of benzene rings is 2. The highest BCUT2D eigenvalue weighted by Gasteiger charge is 2.39. The van der Waals surface area contributed by atoms with E-state index in [0.717, 1.165) is 12.0 Å². The smallest absolute Gasteiger partial charge is 0.273 e. The molecule has 0 aliphatic carbocycles. The quantitative estimate of drug-likeness (QED) is 0.780. The molecule has 1 atom stereocenters. The minimum Gasteiger partial charge on any atom is -0.273 e. The van der Waals surface area contributed by atoms with Gasteiger partial charge in [0.2, 0.25) is 5.91 Å². The fourth-order valence-corrected chi connectivity index (χ4v) is 4.92. The molecule has 5 nitrogen and oxygen atoms in total. The summed E-state index contributed by atoms with van der Waals surface area (Å²) in [6, 6.07) is 15.7. The first-order valence-electron chi connectivity index (χ1n) is 8.46. The molecule has 2 aromatic rings. The zero-order chi connectivity index (χ0) is 18.7. The molecule has 3 rings (SSSR count). The van der Waals surface area contributed by atoms with Crippen molar-refractivity contribution in [2.24, 2.45) is 4.40 Å². The molecule has 0 radical (unpaired) electrons. The summed E-state index contributed by atoms with van der Waals surface area (Å²) < 4.78 is 29.5. The summed E-state index contributed by atoms with van der Waals surface area (Å²) in [5, 5.41) is -0.126. The van der Waals surface area contributed by atoms with Crippen LogP contribution in [0.5, 0.6) is 0 Å². The molecule has 0 bridgehead atoms. The van der Waals surface area contributed by atoms with E-state index in [9.17, 15) is 13.2 Å². The van der Waals surface area contributed by atoms with Crippen molar-refractivity contribution in [1.29, 1.82) is 0 Å². The Balaban J connectivity index is 2.02. The van der Waals surface area contributed by atoms with Gasteiger partial charge in [-0.15, -0.1) is 4.40 Å². The van der Waals surface area contributed by atoms with Crippen molar-refractivity contribution in [2.75, 3.05) is 4.90 Å². The van der Waals surface area contributed by atoms with Gasteiger partial charge in [-0.25, -0.2) is 0 Å². The van der Waals surface area contributed by atoms with Crippen molar-refractivity contribution >= 4 is 38.5 Å². The minimum atomic E-state index is -3.89. The first kappa shape index (κ1) is 18.7. The molecule has 26 heavy (non-hydrogen) atoms. The number of rotatable bonds is 5. The van der Waals surface area contributed by atoms with Crippen LogP contribution in [0.25, 0.3) is 0 Å². The van der Waals surface area contributed by atoms with Crippen LogP contribution in [-0.4, -0.2) is 24.7 Å². The van der Waals surface area contributed by atoms with Gasteiger partial charge in [0.05, 0.1) is 15.8 Å². The zero-order valence-corrected chi connectivity index (χ0v) is 16.3. The Bertz CT molecular complexity index is 923. The van der Waals surface area contributed by atoms with E-state index in [4.69, 9.17) is 0 Å². The topological polar surface area (TPSA) is 66.8 Å². The van der Waals surface area contributed by atoms with E-state index in [-0.39, 0.29) is 21.2 Å². The van der Waals surface area contributed by atoms with Crippen LogP contribution in [-0.2, 0) is 21.2 Å². The molecular formula is C19H20N2O3S2. The molecule has 0 saturated carbocycles. The maximum Gasteiger partial charge on any atom is 0.284 e. The predicted octanol–water partition coefficient (Wildman–Crippen LogP) is 3.85. The second-order valence-corrected chi connectivity index (χ2v) is 8.64. The highest BCUT2D eigenvalue weighted by molar-refractivity contribution is 8.16. The molecule has 136 valence electrons. The summed E-state index contributed by atoms with van der Waals surface area (Å²) in [7, 11) is -3.89. The molecule has 1 heterocycles. The van der Waals surface area contributed by atoms with E-state index < -0.39 is 10.0 Å². The van der Waals surface area contributed by atoms with Gasteiger partial charge in [0.1, 0.15) is 0 Å². The average Bonchev–Trinajstić information content (AvgIpc) is 2.97. The fraction of sp³-hybridized carbons (Fsp3) is 0.263. The van der Waals surface area contributed by atoms with Gasteiger partial charge in [0.15, 0.2) is 5.17 Å². The van der Waals surface area contributed by atoms with E-state index in [2.05, 4.69) is 4.40 Å². The molecule has 7 heteroatoms. The van der Waals surface area contributed by atoms with Crippen molar-refractivity contribution in [1.82, 2.24) is 0 Å². The molecular weight excluding hydrogens is 368 g/mol. The lowest BCUT2D eigenvalue weighted by Gasteiger charge is -2.16. The van der Waals surface area contributed by atoms with Crippen LogP contribution >= 0.6 is 11.8 Å². The van der Waals surface area contributed by atoms with Gasteiger partial charge in [-0.3, -0.25) is 9.69 Å². The second kappa shape index (κ2) is 7.63. The molecule has 1 amide bonds. The molecule has 1 saturated heterocycles. The van der Waals surface area contributed by atoms with Crippen molar-refractivity contribution < 1.29 is 13.2 Å². The number of carbonyl (C=O) groups excluding carboxylic acids is 1. The number of aryl methyl sites for hydroxylation is 1. The number of amides is 1. The minimum absolute atomic E-state index is 0.128. The zero-order valence-electron chi connectivity index (χ0n) is 14.6. The van der Waals surface area contributed by atoms with E-state index in [1.165, 1.54) is 16.7 Å². The molecule has 1 aliphatic rings. The summed E-state index contributed by atoms with van der Waals surface area (Å²) in [4.78, 5) is 14.2. The summed E-state index contributed by atoms with van der Waals surface area (Å²) in [6.45, 7) is 3.91. The highest BCUT2D eigenvalue weighted by atomic mass is 32.2. The Labute approximate surface area is 158 Å². The van der Waals surface area contributed by atoms with Crippen LogP contribution in [0.3, 0.4) is 0 Å². The second-order valence-electron chi connectivity index (χ2n) is 5.87. The lowest BCUT2D eigenvalue weighted by Crippen LogP contribution is -2.32. The number of para-hydroxylation sites is 1. The Kier molecular flexibility index (Phi) is 5.48. The van der Waals surface area contributed by atoms with Gasteiger partial charge < -0.3 is 0 Å². The number of hydrogen-bond donors (Lipinski definition) is 0. The van der Waals surface area contributed by atoms with Gasteiger partial charge in [-0.05, 0) is 42.7 Å². The predicted molar refractivity (Wildman–Crippen MR) is 106 cm³/mol. The number of anilines is 1. The Morgan fingerprint density at radius 1 is 1.04 bits per heavy atom. The average molecular weight is 389 g/mol. The summed E-state index contributed by atoms with van der Waals surface area (Å²) in [5.74, 6) is -0.140.